The zero-order valence-corrected chi connectivity index (χ0v) is 12.6. The van der Waals surface area contributed by atoms with Crippen molar-refractivity contribution in [3.63, 3.8) is 0 Å². The standard InChI is InChI=1S/C19H22O2/c1-13(2)21-19-16-11-7-6-10-15(16)17(18(19)20)12-14-8-4-3-5-9-14/h3-11,13,17-20H,12H2,1-2H3. The summed E-state index contributed by atoms with van der Waals surface area (Å²) in [5.74, 6) is 0.104. The van der Waals surface area contributed by atoms with Crippen molar-refractivity contribution in [3.05, 3.63) is 71.3 Å². The molecule has 0 saturated heterocycles. The van der Waals surface area contributed by atoms with E-state index >= 15 is 0 Å². The summed E-state index contributed by atoms with van der Waals surface area (Å²) in [6, 6.07) is 18.6. The maximum absolute atomic E-state index is 10.8. The summed E-state index contributed by atoms with van der Waals surface area (Å²) in [7, 11) is 0. The van der Waals surface area contributed by atoms with E-state index in [2.05, 4.69) is 24.3 Å². The number of aliphatic hydroxyl groups is 1. The van der Waals surface area contributed by atoms with Crippen LogP contribution in [-0.2, 0) is 11.2 Å². The SMILES string of the molecule is CC(C)OC1c2ccccc2C(Cc2ccccc2)C1O. The molecule has 110 valence electrons. The zero-order chi connectivity index (χ0) is 14.8. The van der Waals surface area contributed by atoms with Crippen LogP contribution in [0.4, 0.5) is 0 Å². The Bertz CT molecular complexity index is 592. The van der Waals surface area contributed by atoms with Crippen molar-refractivity contribution in [2.24, 2.45) is 0 Å². The lowest BCUT2D eigenvalue weighted by Crippen LogP contribution is -2.24. The smallest absolute Gasteiger partial charge is 0.110 e. The Kier molecular flexibility index (Phi) is 4.09. The van der Waals surface area contributed by atoms with Gasteiger partial charge < -0.3 is 9.84 Å². The van der Waals surface area contributed by atoms with Gasteiger partial charge in [0.2, 0.25) is 0 Å². The molecule has 3 rings (SSSR count). The molecule has 2 aromatic rings. The summed E-state index contributed by atoms with van der Waals surface area (Å²) in [5, 5.41) is 10.8. The summed E-state index contributed by atoms with van der Waals surface area (Å²) in [6.07, 6.45) is 0.254. The number of hydrogen-bond acceptors (Lipinski definition) is 2. The molecule has 1 aliphatic carbocycles. The minimum atomic E-state index is -0.481. The summed E-state index contributed by atoms with van der Waals surface area (Å²) in [4.78, 5) is 0. The molecule has 2 heteroatoms. The Balaban J connectivity index is 1.91. The van der Waals surface area contributed by atoms with Crippen molar-refractivity contribution < 1.29 is 9.84 Å². The first-order valence-electron chi connectivity index (χ1n) is 7.63. The molecule has 0 amide bonds. The summed E-state index contributed by atoms with van der Waals surface area (Å²) in [6.45, 7) is 4.03. The summed E-state index contributed by atoms with van der Waals surface area (Å²) >= 11 is 0. The molecule has 0 aliphatic heterocycles. The minimum absolute atomic E-state index is 0.104. The predicted molar refractivity (Wildman–Crippen MR) is 84.3 cm³/mol. The van der Waals surface area contributed by atoms with Gasteiger partial charge in [0.1, 0.15) is 6.10 Å². The number of fused-ring (bicyclic) bond motifs is 1. The molecule has 0 fully saturated rings. The molecule has 0 saturated carbocycles. The van der Waals surface area contributed by atoms with Crippen LogP contribution in [0.5, 0.6) is 0 Å². The second-order valence-electron chi connectivity index (χ2n) is 6.02. The highest BCUT2D eigenvalue weighted by Crippen LogP contribution is 2.44. The van der Waals surface area contributed by atoms with Crippen molar-refractivity contribution in [2.45, 2.75) is 44.5 Å². The maximum Gasteiger partial charge on any atom is 0.110 e. The van der Waals surface area contributed by atoms with Gasteiger partial charge in [0, 0.05) is 5.92 Å². The van der Waals surface area contributed by atoms with Gasteiger partial charge in [-0.15, -0.1) is 0 Å². The van der Waals surface area contributed by atoms with Crippen LogP contribution in [-0.4, -0.2) is 17.3 Å². The van der Waals surface area contributed by atoms with E-state index in [1.807, 2.05) is 44.2 Å². The third-order valence-electron chi connectivity index (χ3n) is 4.14. The second-order valence-corrected chi connectivity index (χ2v) is 6.02. The molecule has 2 aromatic carbocycles. The Morgan fingerprint density at radius 2 is 1.57 bits per heavy atom. The third-order valence-corrected chi connectivity index (χ3v) is 4.14. The molecule has 1 aliphatic rings. The number of hydrogen-bond donors (Lipinski definition) is 1. The highest BCUT2D eigenvalue weighted by atomic mass is 16.5. The molecular weight excluding hydrogens is 260 g/mol. The van der Waals surface area contributed by atoms with Crippen LogP contribution in [0.25, 0.3) is 0 Å². The summed E-state index contributed by atoms with van der Waals surface area (Å²) < 4.78 is 5.97. The van der Waals surface area contributed by atoms with Crippen LogP contribution >= 0.6 is 0 Å². The van der Waals surface area contributed by atoms with E-state index in [0.717, 1.165) is 12.0 Å². The molecule has 3 atom stereocenters. The van der Waals surface area contributed by atoms with Crippen LogP contribution in [0, 0.1) is 0 Å². The van der Waals surface area contributed by atoms with Gasteiger partial charge in [0.05, 0.1) is 12.2 Å². The predicted octanol–water partition coefficient (Wildman–Crippen LogP) is 3.85. The molecule has 0 aromatic heterocycles. The first-order chi connectivity index (χ1) is 10.2. The number of ether oxygens (including phenoxy) is 1. The first kappa shape index (κ1) is 14.3. The lowest BCUT2D eigenvalue weighted by atomic mass is 9.92. The van der Waals surface area contributed by atoms with Crippen LogP contribution in [0.3, 0.4) is 0 Å². The fourth-order valence-electron chi connectivity index (χ4n) is 3.23. The van der Waals surface area contributed by atoms with Crippen molar-refractivity contribution in [3.8, 4) is 0 Å². The van der Waals surface area contributed by atoms with Crippen LogP contribution in [0.1, 0.15) is 42.6 Å². The van der Waals surface area contributed by atoms with E-state index < -0.39 is 6.10 Å². The maximum atomic E-state index is 10.8. The zero-order valence-electron chi connectivity index (χ0n) is 12.6. The summed E-state index contributed by atoms with van der Waals surface area (Å²) in [5.41, 5.74) is 3.61. The molecule has 0 spiro atoms. The van der Waals surface area contributed by atoms with Gasteiger partial charge in [0.25, 0.3) is 0 Å². The number of aliphatic hydroxyl groups excluding tert-OH is 1. The van der Waals surface area contributed by atoms with Crippen molar-refractivity contribution in [2.75, 3.05) is 0 Å². The average molecular weight is 282 g/mol. The quantitative estimate of drug-likeness (QED) is 0.923. The van der Waals surface area contributed by atoms with E-state index in [4.69, 9.17) is 4.74 Å². The average Bonchev–Trinajstić information content (AvgIpc) is 2.74. The Hall–Kier alpha value is -1.64. The monoisotopic (exact) mass is 282 g/mol. The van der Waals surface area contributed by atoms with E-state index in [1.165, 1.54) is 11.1 Å². The second kappa shape index (κ2) is 6.00. The molecule has 0 heterocycles. The van der Waals surface area contributed by atoms with E-state index in [0.29, 0.717) is 0 Å². The fraction of sp³-hybridized carbons (Fsp3) is 0.368. The van der Waals surface area contributed by atoms with E-state index in [-0.39, 0.29) is 18.1 Å². The normalized spacial score (nSPS) is 24.3. The molecule has 0 radical (unpaired) electrons. The van der Waals surface area contributed by atoms with Gasteiger partial charge in [-0.25, -0.2) is 0 Å². The molecule has 21 heavy (non-hydrogen) atoms. The highest BCUT2D eigenvalue weighted by molar-refractivity contribution is 5.40. The lowest BCUT2D eigenvalue weighted by molar-refractivity contribution is -0.0654. The Morgan fingerprint density at radius 3 is 2.24 bits per heavy atom. The van der Waals surface area contributed by atoms with Crippen molar-refractivity contribution in [1.82, 2.24) is 0 Å². The fourth-order valence-corrected chi connectivity index (χ4v) is 3.23. The van der Waals surface area contributed by atoms with Crippen LogP contribution in [0.2, 0.25) is 0 Å². The Labute approximate surface area is 126 Å². The molecule has 0 bridgehead atoms. The van der Waals surface area contributed by atoms with Gasteiger partial charge in [-0.05, 0) is 37.0 Å². The van der Waals surface area contributed by atoms with Gasteiger partial charge >= 0.3 is 0 Å². The van der Waals surface area contributed by atoms with Gasteiger partial charge in [0.15, 0.2) is 0 Å². The van der Waals surface area contributed by atoms with E-state index in [1.54, 1.807) is 0 Å². The van der Waals surface area contributed by atoms with Gasteiger partial charge in [-0.2, -0.15) is 0 Å². The molecular formula is C19H22O2. The van der Waals surface area contributed by atoms with Crippen molar-refractivity contribution in [1.29, 1.82) is 0 Å². The largest absolute Gasteiger partial charge is 0.389 e. The van der Waals surface area contributed by atoms with Gasteiger partial charge in [-0.3, -0.25) is 0 Å². The number of rotatable bonds is 4. The van der Waals surface area contributed by atoms with Crippen molar-refractivity contribution >= 4 is 0 Å². The molecule has 2 nitrogen and oxygen atoms in total. The lowest BCUT2D eigenvalue weighted by Gasteiger charge is -2.22. The van der Waals surface area contributed by atoms with Crippen LogP contribution in [0.15, 0.2) is 54.6 Å². The van der Waals surface area contributed by atoms with E-state index in [9.17, 15) is 5.11 Å². The van der Waals surface area contributed by atoms with Crippen LogP contribution < -0.4 is 0 Å². The highest BCUT2D eigenvalue weighted by Gasteiger charge is 2.40. The third kappa shape index (κ3) is 2.87. The molecule has 3 unspecified atom stereocenters. The number of benzene rings is 2. The minimum Gasteiger partial charge on any atom is -0.389 e. The molecule has 1 N–H and O–H groups in total. The topological polar surface area (TPSA) is 29.5 Å². The first-order valence-corrected chi connectivity index (χ1v) is 7.63. The Morgan fingerprint density at radius 1 is 0.952 bits per heavy atom. The van der Waals surface area contributed by atoms with Gasteiger partial charge in [-0.1, -0.05) is 54.6 Å².